The molecule has 1 aromatic rings. The molecule has 1 aromatic carbocycles. The molecular weight excluding hydrogens is 399 g/mol. The van der Waals surface area contributed by atoms with Crippen molar-refractivity contribution in [2.75, 3.05) is 19.7 Å². The number of aliphatic hydroxyl groups excluding tert-OH is 4. The van der Waals surface area contributed by atoms with Crippen molar-refractivity contribution >= 4 is 5.91 Å². The Labute approximate surface area is 174 Å². The van der Waals surface area contributed by atoms with Crippen LogP contribution in [0.3, 0.4) is 0 Å². The molecule has 1 unspecified atom stereocenters. The Morgan fingerprint density at radius 2 is 1.83 bits per heavy atom. The molecule has 0 saturated carbocycles. The lowest BCUT2D eigenvalue weighted by Crippen LogP contribution is -2.60. The maximum absolute atomic E-state index is 14.8. The van der Waals surface area contributed by atoms with Gasteiger partial charge >= 0.3 is 0 Å². The minimum atomic E-state index is -2.02. The molecule has 0 aromatic heterocycles. The van der Waals surface area contributed by atoms with Gasteiger partial charge < -0.3 is 41.0 Å². The summed E-state index contributed by atoms with van der Waals surface area (Å²) in [5, 5.41) is 41.6. The van der Waals surface area contributed by atoms with Gasteiger partial charge in [-0.1, -0.05) is 31.0 Å². The predicted octanol–water partition coefficient (Wildman–Crippen LogP) is -0.489. The van der Waals surface area contributed by atoms with E-state index < -0.39 is 49.4 Å². The molecule has 0 radical (unpaired) electrons. The zero-order valence-corrected chi connectivity index (χ0v) is 16.7. The second kappa shape index (κ2) is 12.1. The van der Waals surface area contributed by atoms with Crippen LogP contribution in [0, 0.1) is 0 Å². The standard InChI is InChI=1S/C20H31FN2O7/c21-15(19(28)23-10-6-2-1-5-9-22)12-7-3-4-8-13(12)29-20-18(27)17(26)16(25)14(11-24)30-20/h3-4,7-8,14-18,20,24-27H,1-2,5-6,9-11,22H2,(H,23,28)/t14-,15?,16-,17-,18+,20+/m1/s1. The van der Waals surface area contributed by atoms with Crippen molar-refractivity contribution in [1.82, 2.24) is 5.32 Å². The Morgan fingerprint density at radius 1 is 1.13 bits per heavy atom. The molecule has 10 heteroatoms. The molecule has 1 amide bonds. The lowest BCUT2D eigenvalue weighted by Gasteiger charge is -2.39. The molecule has 1 aliphatic heterocycles. The number of amides is 1. The molecule has 1 aliphatic rings. The number of unbranched alkanes of at least 4 members (excludes halogenated alkanes) is 3. The van der Waals surface area contributed by atoms with Gasteiger partial charge in [-0.3, -0.25) is 4.79 Å². The van der Waals surface area contributed by atoms with E-state index in [9.17, 15) is 29.6 Å². The van der Waals surface area contributed by atoms with Crippen LogP contribution in [0.1, 0.15) is 37.4 Å². The highest BCUT2D eigenvalue weighted by molar-refractivity contribution is 5.82. The fourth-order valence-corrected chi connectivity index (χ4v) is 3.15. The Balaban J connectivity index is 2.00. The highest BCUT2D eigenvalue weighted by Gasteiger charge is 2.45. The van der Waals surface area contributed by atoms with Crippen LogP contribution in [0.5, 0.6) is 5.75 Å². The van der Waals surface area contributed by atoms with Gasteiger partial charge in [0, 0.05) is 12.1 Å². The van der Waals surface area contributed by atoms with Crippen LogP contribution in [0.2, 0.25) is 0 Å². The summed E-state index contributed by atoms with van der Waals surface area (Å²) in [7, 11) is 0. The van der Waals surface area contributed by atoms with Gasteiger partial charge in [-0.05, 0) is 25.5 Å². The van der Waals surface area contributed by atoms with Crippen LogP contribution in [0.4, 0.5) is 4.39 Å². The number of carbonyl (C=O) groups excluding carboxylic acids is 1. The van der Waals surface area contributed by atoms with E-state index in [0.29, 0.717) is 19.5 Å². The normalized spacial score (nSPS) is 27.5. The van der Waals surface area contributed by atoms with E-state index in [1.807, 2.05) is 0 Å². The largest absolute Gasteiger partial charge is 0.462 e. The molecule has 30 heavy (non-hydrogen) atoms. The van der Waals surface area contributed by atoms with Crippen molar-refractivity contribution in [3.63, 3.8) is 0 Å². The van der Waals surface area contributed by atoms with Crippen LogP contribution < -0.4 is 15.8 Å². The lowest BCUT2D eigenvalue weighted by atomic mass is 9.99. The highest BCUT2D eigenvalue weighted by atomic mass is 19.1. The Morgan fingerprint density at radius 3 is 2.53 bits per heavy atom. The Hall–Kier alpha value is -1.82. The first kappa shape index (κ1) is 24.4. The Bertz CT molecular complexity index is 664. The summed E-state index contributed by atoms with van der Waals surface area (Å²) >= 11 is 0. The summed E-state index contributed by atoms with van der Waals surface area (Å²) in [5.41, 5.74) is 5.35. The van der Waals surface area contributed by atoms with Gasteiger partial charge in [0.25, 0.3) is 5.91 Å². The van der Waals surface area contributed by atoms with Crippen LogP contribution >= 0.6 is 0 Å². The zero-order valence-electron chi connectivity index (χ0n) is 16.7. The van der Waals surface area contributed by atoms with E-state index in [0.717, 1.165) is 19.3 Å². The van der Waals surface area contributed by atoms with Crippen molar-refractivity contribution in [2.45, 2.75) is 62.6 Å². The minimum Gasteiger partial charge on any atom is -0.462 e. The van der Waals surface area contributed by atoms with Gasteiger partial charge in [0.15, 0.2) is 0 Å². The summed E-state index contributed by atoms with van der Waals surface area (Å²) in [6, 6.07) is 5.83. The maximum Gasteiger partial charge on any atom is 0.259 e. The first-order valence-corrected chi connectivity index (χ1v) is 10.1. The highest BCUT2D eigenvalue weighted by Crippen LogP contribution is 2.31. The number of hydrogen-bond donors (Lipinski definition) is 6. The SMILES string of the molecule is NCCCCCCNC(=O)C(F)c1ccccc1O[C@H]1O[C@H](CO)[C@@H](O)[C@@H](O)[C@@H]1O. The van der Waals surface area contributed by atoms with Crippen LogP contribution in [0.25, 0.3) is 0 Å². The first-order chi connectivity index (χ1) is 14.4. The molecule has 170 valence electrons. The third-order valence-corrected chi connectivity index (χ3v) is 4.94. The molecule has 0 aliphatic carbocycles. The fourth-order valence-electron chi connectivity index (χ4n) is 3.15. The van der Waals surface area contributed by atoms with Crippen molar-refractivity contribution in [1.29, 1.82) is 0 Å². The van der Waals surface area contributed by atoms with Gasteiger partial charge in [0.1, 0.15) is 30.2 Å². The van der Waals surface area contributed by atoms with Gasteiger partial charge in [-0.15, -0.1) is 0 Å². The quantitative estimate of drug-likeness (QED) is 0.257. The molecule has 1 fully saturated rings. The summed E-state index contributed by atoms with van der Waals surface area (Å²) in [4.78, 5) is 12.2. The lowest BCUT2D eigenvalue weighted by molar-refractivity contribution is -0.277. The number of aliphatic hydroxyl groups is 4. The minimum absolute atomic E-state index is 0.0626. The summed E-state index contributed by atoms with van der Waals surface area (Å²) in [6.45, 7) is 0.329. The van der Waals surface area contributed by atoms with Crippen LogP contribution in [0.15, 0.2) is 24.3 Å². The topological polar surface area (TPSA) is 154 Å². The van der Waals surface area contributed by atoms with Gasteiger partial charge in [-0.2, -0.15) is 0 Å². The number of benzene rings is 1. The second-order valence-electron chi connectivity index (χ2n) is 7.21. The van der Waals surface area contributed by atoms with Gasteiger partial charge in [0.05, 0.1) is 6.61 Å². The summed E-state index contributed by atoms with van der Waals surface area (Å²) in [6.07, 6.45) is -6.02. The van der Waals surface area contributed by atoms with Crippen molar-refractivity contribution in [3.05, 3.63) is 29.8 Å². The summed E-state index contributed by atoms with van der Waals surface area (Å²) < 4.78 is 25.6. The van der Waals surface area contributed by atoms with Crippen LogP contribution in [-0.4, -0.2) is 76.7 Å². The number of halogens is 1. The number of para-hydroxylation sites is 1. The molecule has 1 heterocycles. The number of alkyl halides is 1. The number of nitrogens with one attached hydrogen (secondary N) is 1. The molecule has 0 spiro atoms. The van der Waals surface area contributed by atoms with E-state index in [4.69, 9.17) is 15.2 Å². The van der Waals surface area contributed by atoms with Crippen LogP contribution in [-0.2, 0) is 9.53 Å². The second-order valence-corrected chi connectivity index (χ2v) is 7.21. The fraction of sp³-hybridized carbons (Fsp3) is 0.650. The van der Waals surface area contributed by atoms with E-state index in [2.05, 4.69) is 5.32 Å². The van der Waals surface area contributed by atoms with Crippen molar-refractivity contribution in [3.8, 4) is 5.75 Å². The maximum atomic E-state index is 14.8. The third kappa shape index (κ3) is 6.34. The van der Waals surface area contributed by atoms with Crippen molar-refractivity contribution < 1.29 is 39.1 Å². The summed E-state index contributed by atoms with van der Waals surface area (Å²) in [5.74, 6) is -0.883. The molecular formula is C20H31FN2O7. The third-order valence-electron chi connectivity index (χ3n) is 4.94. The number of nitrogens with two attached hydrogens (primary N) is 1. The molecule has 6 atom stereocenters. The number of hydrogen-bond acceptors (Lipinski definition) is 8. The predicted molar refractivity (Wildman–Crippen MR) is 105 cm³/mol. The molecule has 7 N–H and O–H groups in total. The molecule has 1 saturated heterocycles. The average Bonchev–Trinajstić information content (AvgIpc) is 2.76. The first-order valence-electron chi connectivity index (χ1n) is 10.1. The van der Waals surface area contributed by atoms with Gasteiger partial charge in [-0.25, -0.2) is 4.39 Å². The monoisotopic (exact) mass is 430 g/mol. The van der Waals surface area contributed by atoms with Crippen molar-refractivity contribution in [2.24, 2.45) is 5.73 Å². The number of ether oxygens (including phenoxy) is 2. The molecule has 9 nitrogen and oxygen atoms in total. The van der Waals surface area contributed by atoms with E-state index in [-0.39, 0.29) is 11.3 Å². The Kier molecular flexibility index (Phi) is 9.89. The zero-order chi connectivity index (χ0) is 22.1. The molecule has 2 rings (SSSR count). The van der Waals surface area contributed by atoms with E-state index in [1.54, 1.807) is 6.07 Å². The smallest absolute Gasteiger partial charge is 0.259 e. The van der Waals surface area contributed by atoms with E-state index >= 15 is 0 Å². The number of carbonyl (C=O) groups is 1. The van der Waals surface area contributed by atoms with E-state index in [1.165, 1.54) is 18.2 Å². The van der Waals surface area contributed by atoms with Gasteiger partial charge in [0.2, 0.25) is 12.5 Å². The number of rotatable bonds is 11. The molecule has 0 bridgehead atoms. The average molecular weight is 430 g/mol.